The van der Waals surface area contributed by atoms with E-state index in [-0.39, 0.29) is 12.1 Å². The summed E-state index contributed by atoms with van der Waals surface area (Å²) < 4.78 is 5.66. The highest BCUT2D eigenvalue weighted by molar-refractivity contribution is 5.88. The van der Waals surface area contributed by atoms with Gasteiger partial charge in [-0.3, -0.25) is 0 Å². The molecule has 0 spiro atoms. The summed E-state index contributed by atoms with van der Waals surface area (Å²) in [5, 5.41) is 2.59. The molecule has 1 aliphatic rings. The van der Waals surface area contributed by atoms with Gasteiger partial charge in [0.25, 0.3) is 0 Å². The SMILES string of the molecule is Cc1ccc(C(N)C2CCOC2C)c2ccccc12. The molecule has 0 aromatic heterocycles. The van der Waals surface area contributed by atoms with Crippen LogP contribution >= 0.6 is 0 Å². The molecule has 100 valence electrons. The van der Waals surface area contributed by atoms with Gasteiger partial charge in [0.05, 0.1) is 6.10 Å². The summed E-state index contributed by atoms with van der Waals surface area (Å²) in [5.74, 6) is 0.422. The van der Waals surface area contributed by atoms with E-state index in [9.17, 15) is 0 Å². The maximum Gasteiger partial charge on any atom is 0.0594 e. The van der Waals surface area contributed by atoms with E-state index in [1.54, 1.807) is 0 Å². The monoisotopic (exact) mass is 255 g/mol. The van der Waals surface area contributed by atoms with Crippen molar-refractivity contribution in [2.75, 3.05) is 6.61 Å². The molecule has 2 nitrogen and oxygen atoms in total. The van der Waals surface area contributed by atoms with Gasteiger partial charge >= 0.3 is 0 Å². The van der Waals surface area contributed by atoms with Crippen LogP contribution in [-0.4, -0.2) is 12.7 Å². The summed E-state index contributed by atoms with van der Waals surface area (Å²) in [5.41, 5.74) is 9.09. The van der Waals surface area contributed by atoms with Crippen LogP contribution in [0.15, 0.2) is 36.4 Å². The number of nitrogens with two attached hydrogens (primary N) is 1. The van der Waals surface area contributed by atoms with Gasteiger partial charge in [-0.15, -0.1) is 0 Å². The first-order chi connectivity index (χ1) is 9.18. The van der Waals surface area contributed by atoms with E-state index in [1.807, 2.05) is 0 Å². The fourth-order valence-corrected chi connectivity index (χ4v) is 3.21. The summed E-state index contributed by atoms with van der Waals surface area (Å²) in [6.07, 6.45) is 1.32. The van der Waals surface area contributed by atoms with Crippen LogP contribution in [0.4, 0.5) is 0 Å². The second-order valence-corrected chi connectivity index (χ2v) is 5.57. The van der Waals surface area contributed by atoms with Gasteiger partial charge in [-0.2, -0.15) is 0 Å². The van der Waals surface area contributed by atoms with Gasteiger partial charge in [-0.1, -0.05) is 36.4 Å². The van der Waals surface area contributed by atoms with Crippen molar-refractivity contribution in [2.45, 2.75) is 32.4 Å². The van der Waals surface area contributed by atoms with Crippen molar-refractivity contribution in [3.63, 3.8) is 0 Å². The Hall–Kier alpha value is -1.38. The fourth-order valence-electron chi connectivity index (χ4n) is 3.21. The highest BCUT2D eigenvalue weighted by Crippen LogP contribution is 2.35. The minimum Gasteiger partial charge on any atom is -0.378 e. The Kier molecular flexibility index (Phi) is 3.29. The van der Waals surface area contributed by atoms with Crippen molar-refractivity contribution in [3.8, 4) is 0 Å². The first-order valence-corrected chi connectivity index (χ1v) is 7.04. The quantitative estimate of drug-likeness (QED) is 0.890. The van der Waals surface area contributed by atoms with Crippen LogP contribution in [0.5, 0.6) is 0 Å². The number of benzene rings is 2. The molecular formula is C17H21NO. The van der Waals surface area contributed by atoms with Gasteiger partial charge in [-0.05, 0) is 42.2 Å². The van der Waals surface area contributed by atoms with Gasteiger partial charge < -0.3 is 10.5 Å². The van der Waals surface area contributed by atoms with Crippen LogP contribution in [-0.2, 0) is 4.74 Å². The van der Waals surface area contributed by atoms with E-state index in [0.29, 0.717) is 5.92 Å². The van der Waals surface area contributed by atoms with Gasteiger partial charge in [0.2, 0.25) is 0 Å². The maximum absolute atomic E-state index is 6.53. The lowest BCUT2D eigenvalue weighted by atomic mass is 9.86. The average molecular weight is 255 g/mol. The zero-order valence-electron chi connectivity index (χ0n) is 11.6. The summed E-state index contributed by atoms with van der Waals surface area (Å²) in [7, 11) is 0. The molecule has 0 bridgehead atoms. The largest absolute Gasteiger partial charge is 0.378 e. The van der Waals surface area contributed by atoms with E-state index in [0.717, 1.165) is 13.0 Å². The predicted molar refractivity (Wildman–Crippen MR) is 79.1 cm³/mol. The molecule has 1 fully saturated rings. The molecule has 0 aliphatic carbocycles. The predicted octanol–water partition coefficient (Wildman–Crippen LogP) is 3.57. The minimum absolute atomic E-state index is 0.0583. The zero-order valence-corrected chi connectivity index (χ0v) is 11.6. The van der Waals surface area contributed by atoms with E-state index in [2.05, 4.69) is 50.2 Å². The lowest BCUT2D eigenvalue weighted by molar-refractivity contribution is 0.0996. The number of aryl methyl sites for hydroxylation is 1. The Morgan fingerprint density at radius 3 is 2.58 bits per heavy atom. The third-order valence-electron chi connectivity index (χ3n) is 4.43. The second kappa shape index (κ2) is 4.95. The van der Waals surface area contributed by atoms with Gasteiger partial charge in [-0.25, -0.2) is 0 Å². The van der Waals surface area contributed by atoms with Crippen LogP contribution in [0.1, 0.15) is 30.5 Å². The molecule has 2 heteroatoms. The van der Waals surface area contributed by atoms with Gasteiger partial charge in [0.1, 0.15) is 0 Å². The van der Waals surface area contributed by atoms with Gasteiger partial charge in [0.15, 0.2) is 0 Å². The molecule has 2 aromatic carbocycles. The highest BCUT2D eigenvalue weighted by atomic mass is 16.5. The third kappa shape index (κ3) is 2.15. The van der Waals surface area contributed by atoms with E-state index >= 15 is 0 Å². The number of ether oxygens (including phenoxy) is 1. The number of hydrogen-bond donors (Lipinski definition) is 1. The molecule has 3 unspecified atom stereocenters. The molecule has 0 amide bonds. The van der Waals surface area contributed by atoms with Crippen LogP contribution in [0.3, 0.4) is 0 Å². The molecular weight excluding hydrogens is 234 g/mol. The first kappa shape index (κ1) is 12.6. The number of rotatable bonds is 2. The van der Waals surface area contributed by atoms with E-state index < -0.39 is 0 Å². The molecule has 0 radical (unpaired) electrons. The Balaban J connectivity index is 2.07. The Morgan fingerprint density at radius 2 is 1.89 bits per heavy atom. The first-order valence-electron chi connectivity index (χ1n) is 7.04. The molecule has 3 atom stereocenters. The van der Waals surface area contributed by atoms with Crippen molar-refractivity contribution in [2.24, 2.45) is 11.7 Å². The molecule has 1 heterocycles. The molecule has 19 heavy (non-hydrogen) atoms. The second-order valence-electron chi connectivity index (χ2n) is 5.57. The average Bonchev–Trinajstić information content (AvgIpc) is 2.85. The number of hydrogen-bond acceptors (Lipinski definition) is 2. The maximum atomic E-state index is 6.53. The Bertz CT molecular complexity index is 593. The third-order valence-corrected chi connectivity index (χ3v) is 4.43. The smallest absolute Gasteiger partial charge is 0.0594 e. The topological polar surface area (TPSA) is 35.2 Å². The van der Waals surface area contributed by atoms with Crippen LogP contribution < -0.4 is 5.73 Å². The normalized spacial score (nSPS) is 24.8. The molecule has 0 saturated carbocycles. The fraction of sp³-hybridized carbons (Fsp3) is 0.412. The summed E-state index contributed by atoms with van der Waals surface area (Å²) in [4.78, 5) is 0. The standard InChI is InChI=1S/C17H21NO/c1-11-7-8-16(15-6-4-3-5-13(11)15)17(18)14-9-10-19-12(14)2/h3-8,12,14,17H,9-10,18H2,1-2H3. The van der Waals surface area contributed by atoms with Crippen molar-refractivity contribution < 1.29 is 4.74 Å². The molecule has 2 N–H and O–H groups in total. The van der Waals surface area contributed by atoms with Crippen molar-refractivity contribution in [1.82, 2.24) is 0 Å². The zero-order chi connectivity index (χ0) is 13.4. The lowest BCUT2D eigenvalue weighted by Crippen LogP contribution is -2.26. The molecule has 2 aromatic rings. The van der Waals surface area contributed by atoms with E-state index in [1.165, 1.54) is 21.9 Å². The summed E-state index contributed by atoms with van der Waals surface area (Å²) >= 11 is 0. The minimum atomic E-state index is 0.0583. The summed E-state index contributed by atoms with van der Waals surface area (Å²) in [6.45, 7) is 5.12. The molecule has 1 saturated heterocycles. The number of fused-ring (bicyclic) bond motifs is 1. The Labute approximate surface area is 114 Å². The van der Waals surface area contributed by atoms with E-state index in [4.69, 9.17) is 10.5 Å². The van der Waals surface area contributed by atoms with Crippen LogP contribution in [0.25, 0.3) is 10.8 Å². The lowest BCUT2D eigenvalue weighted by Gasteiger charge is -2.24. The van der Waals surface area contributed by atoms with Crippen LogP contribution in [0, 0.1) is 12.8 Å². The Morgan fingerprint density at radius 1 is 1.16 bits per heavy atom. The molecule has 3 rings (SSSR count). The summed E-state index contributed by atoms with van der Waals surface area (Å²) in [6, 6.07) is 13.0. The van der Waals surface area contributed by atoms with Crippen molar-refractivity contribution >= 4 is 10.8 Å². The van der Waals surface area contributed by atoms with Crippen molar-refractivity contribution in [3.05, 3.63) is 47.5 Å². The van der Waals surface area contributed by atoms with Crippen LogP contribution in [0.2, 0.25) is 0 Å². The molecule has 1 aliphatic heterocycles. The highest BCUT2D eigenvalue weighted by Gasteiger charge is 2.31. The van der Waals surface area contributed by atoms with Gasteiger partial charge in [0, 0.05) is 18.6 Å². The van der Waals surface area contributed by atoms with Crippen molar-refractivity contribution in [1.29, 1.82) is 0 Å².